The van der Waals surface area contributed by atoms with Gasteiger partial charge in [0.2, 0.25) is 0 Å². The van der Waals surface area contributed by atoms with Crippen LogP contribution in [0.25, 0.3) is 0 Å². The van der Waals surface area contributed by atoms with E-state index >= 15 is 0 Å². The number of aliphatic carboxylic acids is 1. The van der Waals surface area contributed by atoms with Crippen molar-refractivity contribution in [2.24, 2.45) is 5.73 Å². The molecule has 116 valence electrons. The third-order valence-electron chi connectivity index (χ3n) is 2.65. The highest BCUT2D eigenvalue weighted by atomic mass is 16.4. The highest BCUT2D eigenvalue weighted by Gasteiger charge is 2.20. The van der Waals surface area contributed by atoms with E-state index in [2.05, 4.69) is 20.9 Å². The lowest BCUT2D eigenvalue weighted by atomic mass is 10.2. The fraction of sp³-hybridized carbons (Fsp3) is 0.545. The van der Waals surface area contributed by atoms with E-state index in [1.54, 1.807) is 6.92 Å². The van der Waals surface area contributed by atoms with Crippen molar-refractivity contribution >= 4 is 17.9 Å². The molecule has 0 saturated carbocycles. The van der Waals surface area contributed by atoms with Crippen molar-refractivity contribution in [3.63, 3.8) is 0 Å². The van der Waals surface area contributed by atoms with Crippen molar-refractivity contribution in [2.45, 2.75) is 32.4 Å². The number of rotatable bonds is 6. The standard InChI is InChI=1S/C11H18N6O4/c1-3-13-11(21)14-9(18)6(2)17-5-7(15-16-17)4-8(12)10(19)20/h5-6,8H,3-4,12H2,1-2H3,(H,19,20)(H2,13,14,18,21). The summed E-state index contributed by atoms with van der Waals surface area (Å²) in [5.74, 6) is -1.70. The third kappa shape index (κ3) is 4.84. The van der Waals surface area contributed by atoms with Crippen LogP contribution in [0.2, 0.25) is 0 Å². The van der Waals surface area contributed by atoms with Gasteiger partial charge in [0.1, 0.15) is 12.1 Å². The fourth-order valence-electron chi connectivity index (χ4n) is 1.45. The van der Waals surface area contributed by atoms with Crippen molar-refractivity contribution in [1.29, 1.82) is 0 Å². The van der Waals surface area contributed by atoms with Crippen LogP contribution in [-0.4, -0.2) is 50.6 Å². The monoisotopic (exact) mass is 298 g/mol. The average Bonchev–Trinajstić information content (AvgIpc) is 2.86. The van der Waals surface area contributed by atoms with Crippen molar-refractivity contribution in [2.75, 3.05) is 6.54 Å². The van der Waals surface area contributed by atoms with Gasteiger partial charge in [-0.15, -0.1) is 5.10 Å². The first-order valence-corrected chi connectivity index (χ1v) is 6.33. The zero-order valence-corrected chi connectivity index (χ0v) is 11.7. The number of carboxylic acids is 1. The zero-order chi connectivity index (χ0) is 16.0. The predicted octanol–water partition coefficient (Wildman–Crippen LogP) is -1.36. The lowest BCUT2D eigenvalue weighted by Gasteiger charge is -2.11. The largest absolute Gasteiger partial charge is 0.480 e. The second-order valence-electron chi connectivity index (χ2n) is 4.36. The molecule has 0 aliphatic carbocycles. The molecule has 1 rings (SSSR count). The van der Waals surface area contributed by atoms with Crippen LogP contribution in [0.5, 0.6) is 0 Å². The maximum atomic E-state index is 11.8. The van der Waals surface area contributed by atoms with Crippen LogP contribution >= 0.6 is 0 Å². The second kappa shape index (κ2) is 7.33. The number of hydrogen-bond donors (Lipinski definition) is 4. The molecular formula is C11H18N6O4. The van der Waals surface area contributed by atoms with Gasteiger partial charge < -0.3 is 16.2 Å². The van der Waals surface area contributed by atoms with E-state index < -0.39 is 30.0 Å². The summed E-state index contributed by atoms with van der Waals surface area (Å²) in [5.41, 5.74) is 5.73. The number of hydrogen-bond acceptors (Lipinski definition) is 6. The Bertz CT molecular complexity index is 529. The number of nitrogens with zero attached hydrogens (tertiary/aromatic N) is 3. The summed E-state index contributed by atoms with van der Waals surface area (Å²) in [6.07, 6.45) is 1.42. The zero-order valence-electron chi connectivity index (χ0n) is 11.7. The summed E-state index contributed by atoms with van der Waals surface area (Å²) in [6.45, 7) is 3.65. The highest BCUT2D eigenvalue weighted by Crippen LogP contribution is 2.06. The van der Waals surface area contributed by atoms with Crippen molar-refractivity contribution in [3.05, 3.63) is 11.9 Å². The normalized spacial score (nSPS) is 13.3. The van der Waals surface area contributed by atoms with Gasteiger partial charge in [0.15, 0.2) is 0 Å². The number of urea groups is 1. The van der Waals surface area contributed by atoms with E-state index in [-0.39, 0.29) is 6.42 Å². The molecule has 1 aromatic heterocycles. The van der Waals surface area contributed by atoms with Gasteiger partial charge in [-0.3, -0.25) is 14.9 Å². The molecule has 3 amide bonds. The number of carboxylic acid groups (broad SMARTS) is 1. The van der Waals surface area contributed by atoms with Crippen LogP contribution in [0, 0.1) is 0 Å². The number of amides is 3. The highest BCUT2D eigenvalue weighted by molar-refractivity contribution is 5.95. The third-order valence-corrected chi connectivity index (χ3v) is 2.65. The van der Waals surface area contributed by atoms with Gasteiger partial charge in [-0.05, 0) is 13.8 Å². The first-order valence-electron chi connectivity index (χ1n) is 6.33. The topological polar surface area (TPSA) is 152 Å². The van der Waals surface area contributed by atoms with Crippen LogP contribution in [0.15, 0.2) is 6.20 Å². The van der Waals surface area contributed by atoms with Crippen LogP contribution in [0.4, 0.5) is 4.79 Å². The maximum absolute atomic E-state index is 11.8. The van der Waals surface area contributed by atoms with Gasteiger partial charge in [0, 0.05) is 19.2 Å². The Labute approximate surface area is 120 Å². The van der Waals surface area contributed by atoms with E-state index in [0.29, 0.717) is 12.2 Å². The minimum atomic E-state index is -1.15. The Morgan fingerprint density at radius 1 is 1.48 bits per heavy atom. The van der Waals surface area contributed by atoms with Gasteiger partial charge in [-0.2, -0.15) is 0 Å². The summed E-state index contributed by atoms with van der Waals surface area (Å²) in [5, 5.41) is 20.8. The Hall–Kier alpha value is -2.49. The van der Waals surface area contributed by atoms with Crippen LogP contribution in [0.3, 0.4) is 0 Å². The molecular weight excluding hydrogens is 280 g/mol. The molecule has 5 N–H and O–H groups in total. The SMILES string of the molecule is CCNC(=O)NC(=O)C(C)n1cc(CC(N)C(=O)O)nn1. The summed E-state index contributed by atoms with van der Waals surface area (Å²) in [6, 6.07) is -2.45. The van der Waals surface area contributed by atoms with Gasteiger partial charge in [0.05, 0.1) is 5.69 Å². The number of carbonyl (C=O) groups excluding carboxylic acids is 2. The molecule has 0 aliphatic rings. The lowest BCUT2D eigenvalue weighted by molar-refractivity contribution is -0.138. The summed E-state index contributed by atoms with van der Waals surface area (Å²) >= 11 is 0. The molecule has 1 aromatic rings. The predicted molar refractivity (Wildman–Crippen MR) is 71.3 cm³/mol. The Balaban J connectivity index is 2.65. The van der Waals surface area contributed by atoms with Gasteiger partial charge in [0.25, 0.3) is 5.91 Å². The summed E-state index contributed by atoms with van der Waals surface area (Å²) < 4.78 is 1.23. The minimum Gasteiger partial charge on any atom is -0.480 e. The van der Waals surface area contributed by atoms with E-state index in [9.17, 15) is 14.4 Å². The quantitative estimate of drug-likeness (QED) is 0.506. The molecule has 0 radical (unpaired) electrons. The number of imide groups is 1. The molecule has 10 heteroatoms. The fourth-order valence-corrected chi connectivity index (χ4v) is 1.45. The average molecular weight is 298 g/mol. The van der Waals surface area contributed by atoms with E-state index in [1.807, 2.05) is 0 Å². The molecule has 0 saturated heterocycles. The molecule has 0 aliphatic heterocycles. The van der Waals surface area contributed by atoms with Crippen LogP contribution in [-0.2, 0) is 16.0 Å². The van der Waals surface area contributed by atoms with Crippen molar-refractivity contribution in [1.82, 2.24) is 25.6 Å². The Kier molecular flexibility index (Phi) is 5.79. The number of nitrogens with two attached hydrogens (primary N) is 1. The second-order valence-corrected chi connectivity index (χ2v) is 4.36. The number of carbonyl (C=O) groups is 3. The molecule has 0 aromatic carbocycles. The van der Waals surface area contributed by atoms with Gasteiger partial charge in [-0.25, -0.2) is 9.48 Å². The van der Waals surface area contributed by atoms with Crippen LogP contribution in [0.1, 0.15) is 25.6 Å². The summed E-state index contributed by atoms with van der Waals surface area (Å²) in [4.78, 5) is 33.7. The molecule has 0 fully saturated rings. The maximum Gasteiger partial charge on any atom is 0.321 e. The Morgan fingerprint density at radius 2 is 2.14 bits per heavy atom. The Morgan fingerprint density at radius 3 is 2.71 bits per heavy atom. The summed E-state index contributed by atoms with van der Waals surface area (Å²) in [7, 11) is 0. The first-order chi connectivity index (χ1) is 9.85. The molecule has 0 spiro atoms. The molecule has 0 bridgehead atoms. The van der Waals surface area contributed by atoms with Crippen LogP contribution < -0.4 is 16.4 Å². The van der Waals surface area contributed by atoms with E-state index in [4.69, 9.17) is 10.8 Å². The minimum absolute atomic E-state index is 0.00000674. The molecule has 1 heterocycles. The number of nitrogens with one attached hydrogen (secondary N) is 2. The van der Waals surface area contributed by atoms with E-state index in [1.165, 1.54) is 17.8 Å². The molecule has 21 heavy (non-hydrogen) atoms. The number of aromatic nitrogens is 3. The molecule has 2 unspecified atom stereocenters. The van der Waals surface area contributed by atoms with E-state index in [0.717, 1.165) is 0 Å². The smallest absolute Gasteiger partial charge is 0.321 e. The van der Waals surface area contributed by atoms with Gasteiger partial charge >= 0.3 is 12.0 Å². The first kappa shape index (κ1) is 16.6. The molecule has 10 nitrogen and oxygen atoms in total. The lowest BCUT2D eigenvalue weighted by Crippen LogP contribution is -2.42. The van der Waals surface area contributed by atoms with Gasteiger partial charge in [-0.1, -0.05) is 5.21 Å². The van der Waals surface area contributed by atoms with Crippen molar-refractivity contribution in [3.8, 4) is 0 Å². The molecule has 2 atom stereocenters. The van der Waals surface area contributed by atoms with Crippen molar-refractivity contribution < 1.29 is 19.5 Å².